The fraction of sp³-hybridized carbons (Fsp3) is 0.500. The third kappa shape index (κ3) is 8.46. The van der Waals surface area contributed by atoms with Crippen molar-refractivity contribution in [3.63, 3.8) is 0 Å². The first-order valence-electron chi connectivity index (χ1n) is 16.1. The van der Waals surface area contributed by atoms with Crippen LogP contribution in [0.5, 0.6) is 5.75 Å². The number of rotatable bonds is 9. The second kappa shape index (κ2) is 14.3. The van der Waals surface area contributed by atoms with Crippen molar-refractivity contribution in [1.82, 2.24) is 14.5 Å². The molecule has 5 rings (SSSR count). The van der Waals surface area contributed by atoms with Gasteiger partial charge in [-0.05, 0) is 99.6 Å². The molecule has 0 aromatic heterocycles. The van der Waals surface area contributed by atoms with Gasteiger partial charge in [0.15, 0.2) is 6.61 Å². The zero-order valence-electron chi connectivity index (χ0n) is 28.0. The summed E-state index contributed by atoms with van der Waals surface area (Å²) in [6.07, 6.45) is -6.36. The number of nitrogens with zero attached hydrogens (tertiary/aromatic N) is 3. The number of amides is 2. The Bertz CT molecular complexity index is 1740. The molecule has 3 aliphatic heterocycles. The molecule has 17 heteroatoms. The summed E-state index contributed by atoms with van der Waals surface area (Å²) in [6.45, 7) is 4.70. The summed E-state index contributed by atoms with van der Waals surface area (Å²) in [5, 5.41) is 14.2. The van der Waals surface area contributed by atoms with Crippen molar-refractivity contribution < 1.29 is 54.4 Å². The molecule has 2 N–H and O–H groups in total. The van der Waals surface area contributed by atoms with E-state index in [1.165, 1.54) is 5.41 Å². The molecule has 1 atom stereocenters. The highest BCUT2D eigenvalue weighted by Crippen LogP contribution is 2.39. The van der Waals surface area contributed by atoms with E-state index in [-0.39, 0.29) is 43.2 Å². The highest BCUT2D eigenvalue weighted by atomic mass is 32.2. The summed E-state index contributed by atoms with van der Waals surface area (Å²) in [5.74, 6) is -6.64. The largest absolute Gasteiger partial charge is 0.486 e. The maximum atomic E-state index is 13.8. The van der Waals surface area contributed by atoms with E-state index in [1.54, 1.807) is 34.3 Å². The quantitative estimate of drug-likeness (QED) is 0.323. The van der Waals surface area contributed by atoms with Gasteiger partial charge in [0, 0.05) is 42.7 Å². The number of benzene rings is 2. The molecule has 1 spiro atoms. The molecule has 9 nitrogen and oxygen atoms in total. The summed E-state index contributed by atoms with van der Waals surface area (Å²) in [6, 6.07) is 5.83. The Kier molecular flexibility index (Phi) is 10.8. The summed E-state index contributed by atoms with van der Waals surface area (Å²) in [4.78, 5) is 32.3. The fourth-order valence-corrected chi connectivity index (χ4v) is 7.20. The number of alkyl halides is 7. The maximum Gasteiger partial charge on any atom is 0.419 e. The SMILES string of the molecule is Cc1cc(C(=O)N2CCC(C)(O)CC2)cc(C)c1/C=C/S(=O)N1CCC2(CC1)N=C(c1ccc(OCC(F)(F)C(F)F)c(C(F)(F)F)c1)NC2=O. The average Bonchev–Trinajstić information content (AvgIpc) is 3.37. The van der Waals surface area contributed by atoms with Crippen molar-refractivity contribution in [2.24, 2.45) is 4.99 Å². The van der Waals surface area contributed by atoms with Crippen LogP contribution in [0.2, 0.25) is 0 Å². The molecule has 278 valence electrons. The van der Waals surface area contributed by atoms with Gasteiger partial charge in [-0.2, -0.15) is 22.0 Å². The van der Waals surface area contributed by atoms with Crippen LogP contribution >= 0.6 is 0 Å². The first-order chi connectivity index (χ1) is 23.7. The van der Waals surface area contributed by atoms with Gasteiger partial charge < -0.3 is 20.1 Å². The van der Waals surface area contributed by atoms with Crippen LogP contribution in [-0.4, -0.2) is 92.4 Å². The first kappa shape index (κ1) is 38.4. The molecule has 0 bridgehead atoms. The zero-order valence-corrected chi connectivity index (χ0v) is 28.8. The van der Waals surface area contributed by atoms with Gasteiger partial charge >= 0.3 is 18.5 Å². The minimum Gasteiger partial charge on any atom is -0.486 e. The minimum absolute atomic E-state index is 0.0960. The second-order valence-corrected chi connectivity index (χ2v) is 14.7. The van der Waals surface area contributed by atoms with Crippen LogP contribution in [0.3, 0.4) is 0 Å². The molecule has 1 unspecified atom stereocenters. The lowest BCUT2D eigenvalue weighted by atomic mass is 9.89. The topological polar surface area (TPSA) is 112 Å². The molecule has 2 amide bonds. The number of halogens is 7. The van der Waals surface area contributed by atoms with Crippen LogP contribution in [0.15, 0.2) is 40.7 Å². The number of ether oxygens (including phenoxy) is 1. The summed E-state index contributed by atoms with van der Waals surface area (Å²) >= 11 is 0. The molecule has 3 aliphatic rings. The van der Waals surface area contributed by atoms with Crippen LogP contribution in [0.25, 0.3) is 6.08 Å². The van der Waals surface area contributed by atoms with Gasteiger partial charge in [-0.3, -0.25) is 14.6 Å². The number of amidine groups is 1. The minimum atomic E-state index is -5.11. The van der Waals surface area contributed by atoms with E-state index in [9.17, 15) is 49.6 Å². The van der Waals surface area contributed by atoms with Crippen molar-refractivity contribution in [2.75, 3.05) is 32.8 Å². The van der Waals surface area contributed by atoms with Gasteiger partial charge in [0.25, 0.3) is 11.8 Å². The van der Waals surface area contributed by atoms with E-state index < -0.39 is 64.5 Å². The third-order valence-electron chi connectivity index (χ3n) is 9.40. The Labute approximate surface area is 292 Å². The third-order valence-corrected chi connectivity index (χ3v) is 10.6. The lowest BCUT2D eigenvalue weighted by molar-refractivity contribution is -0.153. The summed E-state index contributed by atoms with van der Waals surface area (Å²) < 4.78 is 112. The van der Waals surface area contributed by atoms with Gasteiger partial charge in [-0.25, -0.2) is 17.3 Å². The normalized spacial score (nSPS) is 20.2. The summed E-state index contributed by atoms with van der Waals surface area (Å²) in [5.41, 5.74) is -0.916. The molecular formula is C34H37F7N4O5S. The molecule has 51 heavy (non-hydrogen) atoms. The van der Waals surface area contributed by atoms with E-state index >= 15 is 0 Å². The van der Waals surface area contributed by atoms with Crippen LogP contribution in [0, 0.1) is 13.8 Å². The smallest absolute Gasteiger partial charge is 0.419 e. The van der Waals surface area contributed by atoms with Crippen LogP contribution in [-0.2, 0) is 22.0 Å². The van der Waals surface area contributed by atoms with Crippen molar-refractivity contribution in [2.45, 2.75) is 76.1 Å². The maximum absolute atomic E-state index is 13.8. The first-order valence-corrected chi connectivity index (χ1v) is 17.3. The number of carbonyl (C=O) groups excluding carboxylic acids is 2. The van der Waals surface area contributed by atoms with Crippen molar-refractivity contribution in [3.05, 3.63) is 69.1 Å². The standard InChI is InChI=1S/C34H37F7N4O5S/c1-20-16-23(28(46)44-11-7-31(3,48)8-12-44)17-21(2)24(20)6-15-51(49)45-13-9-32(10-14-45)30(47)42-27(43-32)22-4-5-26(25(18-22)34(39,40)41)50-19-33(37,38)29(35)36/h4-6,15-18,29,48H,7-14,19H2,1-3H3,(H,42,43,47)/b15-6+. The number of piperidine rings is 2. The number of hydrogen-bond acceptors (Lipinski definition) is 6. The highest BCUT2D eigenvalue weighted by Gasteiger charge is 2.47. The van der Waals surface area contributed by atoms with Crippen LogP contribution in [0.4, 0.5) is 30.7 Å². The van der Waals surface area contributed by atoms with Crippen molar-refractivity contribution in [1.29, 1.82) is 0 Å². The number of aliphatic hydroxyl groups is 1. The molecule has 2 saturated heterocycles. The monoisotopic (exact) mass is 746 g/mol. The fourth-order valence-electron chi connectivity index (χ4n) is 6.24. The van der Waals surface area contributed by atoms with E-state index in [4.69, 9.17) is 0 Å². The molecule has 0 aliphatic carbocycles. The second-order valence-electron chi connectivity index (χ2n) is 13.3. The van der Waals surface area contributed by atoms with E-state index in [0.717, 1.165) is 22.8 Å². The number of likely N-dealkylation sites (tertiary alicyclic amines) is 1. The van der Waals surface area contributed by atoms with Crippen molar-refractivity contribution in [3.8, 4) is 5.75 Å². The van der Waals surface area contributed by atoms with Gasteiger partial charge in [-0.15, -0.1) is 0 Å². The zero-order chi connectivity index (χ0) is 37.5. The highest BCUT2D eigenvalue weighted by molar-refractivity contribution is 7.85. The van der Waals surface area contributed by atoms with Crippen molar-refractivity contribution >= 4 is 34.7 Å². The number of aryl methyl sites for hydroxylation is 2. The summed E-state index contributed by atoms with van der Waals surface area (Å²) in [7, 11) is -1.61. The number of carbonyl (C=O) groups is 2. The number of aliphatic imine (C=N–C) groups is 1. The van der Waals surface area contributed by atoms with Gasteiger partial charge in [0.2, 0.25) is 0 Å². The van der Waals surface area contributed by atoms with Gasteiger partial charge in [-0.1, -0.05) is 0 Å². The molecule has 2 aromatic carbocycles. The molecule has 0 saturated carbocycles. The van der Waals surface area contributed by atoms with E-state index in [0.29, 0.717) is 43.6 Å². The van der Waals surface area contributed by atoms with Crippen LogP contribution in [0.1, 0.15) is 70.8 Å². The Morgan fingerprint density at radius 3 is 2.22 bits per heavy atom. The number of hydrogen-bond donors (Lipinski definition) is 2. The molecule has 2 aromatic rings. The van der Waals surface area contributed by atoms with E-state index in [2.05, 4.69) is 15.0 Å². The predicted octanol–water partition coefficient (Wildman–Crippen LogP) is 5.63. The lowest BCUT2D eigenvalue weighted by Gasteiger charge is -2.36. The van der Waals surface area contributed by atoms with E-state index in [1.807, 2.05) is 13.8 Å². The molecular weight excluding hydrogens is 709 g/mol. The van der Waals surface area contributed by atoms with Crippen LogP contribution < -0.4 is 10.1 Å². The Balaban J connectivity index is 1.24. The lowest BCUT2D eigenvalue weighted by Crippen LogP contribution is -2.49. The average molecular weight is 747 g/mol. The number of nitrogens with one attached hydrogen (secondary N) is 1. The molecule has 2 fully saturated rings. The molecule has 0 radical (unpaired) electrons. The predicted molar refractivity (Wildman–Crippen MR) is 175 cm³/mol. The Morgan fingerprint density at radius 2 is 1.65 bits per heavy atom. The van der Waals surface area contributed by atoms with Gasteiger partial charge in [0.1, 0.15) is 28.1 Å². The Morgan fingerprint density at radius 1 is 1.04 bits per heavy atom. The Hall–Kier alpha value is -3.83. The van der Waals surface area contributed by atoms with Gasteiger partial charge in [0.05, 0.1) is 11.2 Å². The molecule has 3 heterocycles.